The van der Waals surface area contributed by atoms with Crippen LogP contribution in [0.4, 0.5) is 5.95 Å². The molecule has 0 saturated carbocycles. The third-order valence-corrected chi connectivity index (χ3v) is 2.05. The van der Waals surface area contributed by atoms with Crippen molar-refractivity contribution in [2.45, 2.75) is 13.3 Å². The van der Waals surface area contributed by atoms with Crippen LogP contribution in [-0.4, -0.2) is 32.5 Å². The molecule has 8 nitrogen and oxygen atoms in total. The van der Waals surface area contributed by atoms with Crippen LogP contribution in [0.5, 0.6) is 0 Å². The molecule has 0 atom stereocenters. The minimum Gasteiger partial charge on any atom is -0.466 e. The number of nitrogens with one attached hydrogen (secondary N) is 2. The summed E-state index contributed by atoms with van der Waals surface area (Å²) in [6, 6.07) is 0. The molecule has 8 heteroatoms. The van der Waals surface area contributed by atoms with Gasteiger partial charge in [-0.1, -0.05) is 0 Å². The van der Waals surface area contributed by atoms with E-state index in [1.54, 1.807) is 6.92 Å². The van der Waals surface area contributed by atoms with Gasteiger partial charge in [0.15, 0.2) is 11.2 Å². The lowest BCUT2D eigenvalue weighted by Gasteiger charge is -1.97. The molecule has 0 radical (unpaired) electrons. The highest BCUT2D eigenvalue weighted by molar-refractivity contribution is 5.75. The number of carbonyl (C=O) groups excluding carboxylic acids is 1. The normalized spacial score (nSPS) is 10.6. The summed E-state index contributed by atoms with van der Waals surface area (Å²) in [5, 5.41) is 0. The zero-order valence-electron chi connectivity index (χ0n) is 9.11. The third kappa shape index (κ3) is 2.25. The fraction of sp³-hybridized carbons (Fsp3) is 0.333. The molecule has 0 spiro atoms. The zero-order valence-corrected chi connectivity index (χ0v) is 9.11. The summed E-state index contributed by atoms with van der Waals surface area (Å²) in [5.74, 6) is -0.116. The fourth-order valence-corrected chi connectivity index (χ4v) is 1.40. The van der Waals surface area contributed by atoms with E-state index in [2.05, 4.69) is 19.9 Å². The van der Waals surface area contributed by atoms with Crippen LogP contribution >= 0.6 is 0 Å². The first-order valence-corrected chi connectivity index (χ1v) is 5.00. The smallest absolute Gasteiger partial charge is 0.313 e. The van der Waals surface area contributed by atoms with Crippen molar-refractivity contribution in [3.05, 3.63) is 16.2 Å². The summed E-state index contributed by atoms with van der Waals surface area (Å²) in [6.45, 7) is 2.01. The van der Waals surface area contributed by atoms with Gasteiger partial charge in [-0.2, -0.15) is 4.98 Å². The van der Waals surface area contributed by atoms with E-state index in [1.807, 2.05) is 0 Å². The van der Waals surface area contributed by atoms with E-state index < -0.39 is 11.5 Å². The first-order valence-electron chi connectivity index (χ1n) is 5.00. The maximum absolute atomic E-state index is 11.5. The van der Waals surface area contributed by atoms with Gasteiger partial charge in [-0.25, -0.2) is 4.98 Å². The van der Waals surface area contributed by atoms with Gasteiger partial charge < -0.3 is 15.5 Å². The van der Waals surface area contributed by atoms with E-state index in [0.29, 0.717) is 12.4 Å². The Kier molecular flexibility index (Phi) is 2.77. The number of H-pyrrole nitrogens is 2. The fourth-order valence-electron chi connectivity index (χ4n) is 1.40. The molecule has 0 amide bonds. The highest BCUT2D eigenvalue weighted by Crippen LogP contribution is 2.05. The van der Waals surface area contributed by atoms with Crippen molar-refractivity contribution in [2.75, 3.05) is 12.3 Å². The van der Waals surface area contributed by atoms with E-state index in [-0.39, 0.29) is 23.5 Å². The van der Waals surface area contributed by atoms with Crippen molar-refractivity contribution in [1.29, 1.82) is 0 Å². The standard InChI is InChI=1S/C9H11N5O3/c1-2-17-5(15)3-4-11-6-7(12-4)13-9(10)14-8(6)16/h2-3H2,1H3,(H4,10,11,12,13,14,16). The number of ether oxygens (including phenoxy) is 1. The van der Waals surface area contributed by atoms with E-state index in [4.69, 9.17) is 10.5 Å². The van der Waals surface area contributed by atoms with Crippen LogP contribution in [0.25, 0.3) is 11.2 Å². The predicted molar refractivity (Wildman–Crippen MR) is 59.3 cm³/mol. The molecule has 0 aliphatic carbocycles. The highest BCUT2D eigenvalue weighted by atomic mass is 16.5. The van der Waals surface area contributed by atoms with Gasteiger partial charge in [-0.05, 0) is 6.92 Å². The third-order valence-electron chi connectivity index (χ3n) is 2.05. The van der Waals surface area contributed by atoms with Crippen LogP contribution in [0.2, 0.25) is 0 Å². The first kappa shape index (κ1) is 11.1. The van der Waals surface area contributed by atoms with Crippen LogP contribution in [0, 0.1) is 0 Å². The number of aromatic nitrogens is 4. The lowest BCUT2D eigenvalue weighted by Crippen LogP contribution is -2.11. The second-order valence-electron chi connectivity index (χ2n) is 3.32. The van der Waals surface area contributed by atoms with Crippen LogP contribution in [0.1, 0.15) is 12.7 Å². The molecule has 4 N–H and O–H groups in total. The lowest BCUT2D eigenvalue weighted by atomic mass is 10.4. The Morgan fingerprint density at radius 1 is 1.41 bits per heavy atom. The van der Waals surface area contributed by atoms with Gasteiger partial charge in [0.25, 0.3) is 5.56 Å². The molecular formula is C9H11N5O3. The van der Waals surface area contributed by atoms with Gasteiger partial charge >= 0.3 is 5.97 Å². The van der Waals surface area contributed by atoms with Crippen molar-refractivity contribution in [3.8, 4) is 0 Å². The van der Waals surface area contributed by atoms with Gasteiger partial charge in [-0.15, -0.1) is 0 Å². The number of nitrogen functional groups attached to an aromatic ring is 1. The summed E-state index contributed by atoms with van der Waals surface area (Å²) < 4.78 is 4.77. The largest absolute Gasteiger partial charge is 0.466 e. The van der Waals surface area contributed by atoms with E-state index in [1.165, 1.54) is 0 Å². The van der Waals surface area contributed by atoms with Crippen molar-refractivity contribution >= 4 is 23.1 Å². The summed E-state index contributed by atoms with van der Waals surface area (Å²) in [7, 11) is 0. The summed E-state index contributed by atoms with van der Waals surface area (Å²) >= 11 is 0. The molecule has 0 bridgehead atoms. The minimum atomic E-state index is -0.421. The Bertz CT molecular complexity index is 615. The van der Waals surface area contributed by atoms with E-state index >= 15 is 0 Å². The number of fused-ring (bicyclic) bond motifs is 1. The van der Waals surface area contributed by atoms with Gasteiger partial charge in [0.2, 0.25) is 5.95 Å². The Morgan fingerprint density at radius 3 is 2.88 bits per heavy atom. The van der Waals surface area contributed by atoms with E-state index in [0.717, 1.165) is 0 Å². The molecule has 2 aromatic rings. The number of nitrogens with two attached hydrogens (primary N) is 1. The second kappa shape index (κ2) is 4.24. The Morgan fingerprint density at radius 2 is 2.18 bits per heavy atom. The number of rotatable bonds is 3. The molecule has 0 unspecified atom stereocenters. The van der Waals surface area contributed by atoms with Crippen LogP contribution < -0.4 is 11.3 Å². The van der Waals surface area contributed by atoms with Crippen LogP contribution in [-0.2, 0) is 16.0 Å². The van der Waals surface area contributed by atoms with Gasteiger partial charge in [0.1, 0.15) is 12.2 Å². The summed E-state index contributed by atoms with van der Waals surface area (Å²) in [4.78, 5) is 35.6. The molecule has 0 fully saturated rings. The minimum absolute atomic E-state index is 0.0170. The first-order chi connectivity index (χ1) is 8.10. The zero-order chi connectivity index (χ0) is 12.4. The summed E-state index contributed by atoms with van der Waals surface area (Å²) in [6.07, 6.45) is -0.0382. The number of hydrogen-bond acceptors (Lipinski definition) is 6. The van der Waals surface area contributed by atoms with Crippen molar-refractivity contribution in [1.82, 2.24) is 19.9 Å². The lowest BCUT2D eigenvalue weighted by molar-refractivity contribution is -0.142. The number of anilines is 1. The second-order valence-corrected chi connectivity index (χ2v) is 3.32. The summed E-state index contributed by atoms with van der Waals surface area (Å²) in [5.41, 5.74) is 5.33. The molecule has 0 saturated heterocycles. The monoisotopic (exact) mass is 237 g/mol. The maximum Gasteiger partial charge on any atom is 0.313 e. The number of imidazole rings is 1. The molecule has 0 aromatic carbocycles. The van der Waals surface area contributed by atoms with Gasteiger partial charge in [0.05, 0.1) is 6.61 Å². The molecule has 2 aromatic heterocycles. The number of aromatic amines is 2. The van der Waals surface area contributed by atoms with Gasteiger partial charge in [-0.3, -0.25) is 14.6 Å². The molecule has 0 aliphatic rings. The predicted octanol–water partition coefficient (Wildman–Crippen LogP) is -0.666. The Hall–Kier alpha value is -2.38. The quantitative estimate of drug-likeness (QED) is 0.608. The molecule has 17 heavy (non-hydrogen) atoms. The number of esters is 1. The molecule has 0 aliphatic heterocycles. The van der Waals surface area contributed by atoms with E-state index in [9.17, 15) is 9.59 Å². The average Bonchev–Trinajstić information content (AvgIpc) is 2.60. The molecular weight excluding hydrogens is 226 g/mol. The topological polar surface area (TPSA) is 127 Å². The molecule has 2 rings (SSSR count). The Balaban J connectivity index is 2.35. The van der Waals surface area contributed by atoms with Crippen LogP contribution in [0.15, 0.2) is 4.79 Å². The van der Waals surface area contributed by atoms with Gasteiger partial charge in [0, 0.05) is 0 Å². The number of hydrogen-bond donors (Lipinski definition) is 3. The molecule has 90 valence electrons. The molecule has 2 heterocycles. The highest BCUT2D eigenvalue weighted by Gasteiger charge is 2.12. The van der Waals surface area contributed by atoms with Crippen molar-refractivity contribution < 1.29 is 9.53 Å². The maximum atomic E-state index is 11.5. The van der Waals surface area contributed by atoms with Crippen molar-refractivity contribution in [3.63, 3.8) is 0 Å². The van der Waals surface area contributed by atoms with Crippen LogP contribution in [0.3, 0.4) is 0 Å². The van der Waals surface area contributed by atoms with Crippen molar-refractivity contribution in [2.24, 2.45) is 0 Å². The Labute approximate surface area is 95.2 Å². The number of nitrogens with zero attached hydrogens (tertiary/aromatic N) is 2. The SMILES string of the molecule is CCOC(=O)Cc1nc2nc(N)[nH]c(=O)c2[nH]1. The number of carbonyl (C=O) groups is 1. The average molecular weight is 237 g/mol.